The van der Waals surface area contributed by atoms with Crippen molar-refractivity contribution in [3.05, 3.63) is 12.2 Å². The molecule has 1 aliphatic rings. The molecule has 0 radical (unpaired) electrons. The minimum atomic E-state index is 0.398. The molecule has 2 unspecified atom stereocenters. The second kappa shape index (κ2) is 5.41. The largest absolute Gasteiger partial charge is 0.374 e. The lowest BCUT2D eigenvalue weighted by molar-refractivity contribution is 0.0562. The van der Waals surface area contributed by atoms with Gasteiger partial charge < -0.3 is 14.6 Å². The quantitative estimate of drug-likeness (QED) is 0.741. The van der Waals surface area contributed by atoms with Gasteiger partial charge in [-0.1, -0.05) is 0 Å². The number of hydrogen-bond acceptors (Lipinski definition) is 4. The molecular weight excluding hydrogens is 204 g/mol. The number of ether oxygens (including phenoxy) is 1. The Morgan fingerprint density at radius 2 is 2.44 bits per heavy atom. The number of aromatic nitrogens is 3. The molecule has 1 saturated heterocycles. The second-order valence-electron chi connectivity index (χ2n) is 4.46. The Bertz CT molecular complexity index is 326. The van der Waals surface area contributed by atoms with Gasteiger partial charge in [0.05, 0.1) is 12.2 Å². The van der Waals surface area contributed by atoms with E-state index in [1.165, 1.54) is 12.8 Å². The molecule has 1 N–H and O–H groups in total. The van der Waals surface area contributed by atoms with Crippen LogP contribution in [0.2, 0.25) is 0 Å². The number of nitrogens with zero attached hydrogens (tertiary/aromatic N) is 3. The Hall–Kier alpha value is -0.940. The molecule has 0 saturated carbocycles. The second-order valence-corrected chi connectivity index (χ2v) is 4.46. The van der Waals surface area contributed by atoms with Crippen molar-refractivity contribution in [3.8, 4) is 0 Å². The van der Waals surface area contributed by atoms with E-state index in [0.29, 0.717) is 12.2 Å². The third kappa shape index (κ3) is 3.02. The summed E-state index contributed by atoms with van der Waals surface area (Å²) in [7, 11) is 1.97. The zero-order valence-corrected chi connectivity index (χ0v) is 10.0. The molecule has 0 amide bonds. The van der Waals surface area contributed by atoms with Crippen LogP contribution < -0.4 is 5.32 Å². The SMILES string of the molecule is CC1CCC(CNCCc2nncn2C)O1. The Morgan fingerprint density at radius 3 is 3.06 bits per heavy atom. The van der Waals surface area contributed by atoms with E-state index < -0.39 is 0 Å². The van der Waals surface area contributed by atoms with Crippen molar-refractivity contribution >= 4 is 0 Å². The Morgan fingerprint density at radius 1 is 1.56 bits per heavy atom. The molecule has 1 aliphatic heterocycles. The van der Waals surface area contributed by atoms with Crippen LogP contribution >= 0.6 is 0 Å². The van der Waals surface area contributed by atoms with Gasteiger partial charge in [0.2, 0.25) is 0 Å². The average molecular weight is 224 g/mol. The van der Waals surface area contributed by atoms with Crippen LogP contribution in [0.4, 0.5) is 0 Å². The first-order chi connectivity index (χ1) is 7.75. The normalized spacial score (nSPS) is 25.1. The minimum Gasteiger partial charge on any atom is -0.374 e. The van der Waals surface area contributed by atoms with Crippen molar-refractivity contribution in [2.75, 3.05) is 13.1 Å². The van der Waals surface area contributed by atoms with E-state index in [9.17, 15) is 0 Å². The van der Waals surface area contributed by atoms with Crippen molar-refractivity contribution < 1.29 is 4.74 Å². The van der Waals surface area contributed by atoms with Crippen LogP contribution in [0.5, 0.6) is 0 Å². The predicted molar refractivity (Wildman–Crippen MR) is 61.1 cm³/mol. The van der Waals surface area contributed by atoms with Crippen LogP contribution in [0.1, 0.15) is 25.6 Å². The summed E-state index contributed by atoms with van der Waals surface area (Å²) in [5, 5.41) is 11.3. The smallest absolute Gasteiger partial charge is 0.133 e. The summed E-state index contributed by atoms with van der Waals surface area (Å²) >= 11 is 0. The van der Waals surface area contributed by atoms with Gasteiger partial charge in [-0.25, -0.2) is 0 Å². The summed E-state index contributed by atoms with van der Waals surface area (Å²) in [6.45, 7) is 4.02. The third-order valence-corrected chi connectivity index (χ3v) is 3.02. The Labute approximate surface area is 96.2 Å². The molecule has 0 aromatic carbocycles. The fourth-order valence-corrected chi connectivity index (χ4v) is 2.03. The van der Waals surface area contributed by atoms with Gasteiger partial charge in [-0.05, 0) is 19.8 Å². The van der Waals surface area contributed by atoms with Crippen molar-refractivity contribution in [1.82, 2.24) is 20.1 Å². The average Bonchev–Trinajstić information content (AvgIpc) is 2.83. The van der Waals surface area contributed by atoms with Gasteiger partial charge in [-0.15, -0.1) is 10.2 Å². The van der Waals surface area contributed by atoms with Gasteiger partial charge in [-0.2, -0.15) is 0 Å². The van der Waals surface area contributed by atoms with E-state index in [2.05, 4.69) is 22.4 Å². The summed E-state index contributed by atoms with van der Waals surface area (Å²) in [6, 6.07) is 0. The topological polar surface area (TPSA) is 52.0 Å². The maximum absolute atomic E-state index is 5.73. The van der Waals surface area contributed by atoms with E-state index in [1.54, 1.807) is 6.33 Å². The van der Waals surface area contributed by atoms with Crippen molar-refractivity contribution in [1.29, 1.82) is 0 Å². The summed E-state index contributed by atoms with van der Waals surface area (Å²) < 4.78 is 7.68. The van der Waals surface area contributed by atoms with Crippen LogP contribution in [0.15, 0.2) is 6.33 Å². The summed E-state index contributed by atoms with van der Waals surface area (Å²) in [4.78, 5) is 0. The third-order valence-electron chi connectivity index (χ3n) is 3.02. The van der Waals surface area contributed by atoms with Crippen LogP contribution in [0.3, 0.4) is 0 Å². The number of hydrogen-bond donors (Lipinski definition) is 1. The predicted octanol–water partition coefficient (Wildman–Crippen LogP) is 0.515. The molecule has 90 valence electrons. The van der Waals surface area contributed by atoms with Gasteiger partial charge in [0, 0.05) is 26.6 Å². The minimum absolute atomic E-state index is 0.398. The standard InChI is InChI=1S/C11H20N4O/c1-9-3-4-10(16-9)7-12-6-5-11-14-13-8-15(11)2/h8-10,12H,3-7H2,1-2H3. The summed E-state index contributed by atoms with van der Waals surface area (Å²) in [5.74, 6) is 1.02. The highest BCUT2D eigenvalue weighted by Gasteiger charge is 2.20. The molecule has 16 heavy (non-hydrogen) atoms. The number of rotatable bonds is 5. The number of nitrogens with one attached hydrogen (secondary N) is 1. The fraction of sp³-hybridized carbons (Fsp3) is 0.818. The lowest BCUT2D eigenvalue weighted by atomic mass is 10.2. The molecule has 1 fully saturated rings. The molecule has 5 heteroatoms. The first-order valence-electron chi connectivity index (χ1n) is 5.94. The van der Waals surface area contributed by atoms with Gasteiger partial charge in [0.15, 0.2) is 0 Å². The molecule has 0 bridgehead atoms. The molecule has 0 aliphatic carbocycles. The molecule has 2 heterocycles. The van der Waals surface area contributed by atoms with Crippen LogP contribution in [-0.2, 0) is 18.2 Å². The van der Waals surface area contributed by atoms with Gasteiger partial charge >= 0.3 is 0 Å². The first kappa shape index (κ1) is 11.5. The lowest BCUT2D eigenvalue weighted by Gasteiger charge is -2.11. The molecule has 2 atom stereocenters. The highest BCUT2D eigenvalue weighted by atomic mass is 16.5. The van der Waals surface area contributed by atoms with E-state index in [1.807, 2.05) is 11.6 Å². The molecular formula is C11H20N4O. The maximum atomic E-state index is 5.73. The van der Waals surface area contributed by atoms with Gasteiger partial charge in [0.1, 0.15) is 12.2 Å². The highest BCUT2D eigenvalue weighted by Crippen LogP contribution is 2.17. The molecule has 1 aromatic heterocycles. The fourth-order valence-electron chi connectivity index (χ4n) is 2.03. The van der Waals surface area contributed by atoms with Crippen molar-refractivity contribution in [3.63, 3.8) is 0 Å². The van der Waals surface area contributed by atoms with E-state index in [4.69, 9.17) is 4.74 Å². The number of aryl methyl sites for hydroxylation is 1. The zero-order valence-electron chi connectivity index (χ0n) is 10.0. The van der Waals surface area contributed by atoms with Crippen molar-refractivity contribution in [2.45, 2.75) is 38.4 Å². The molecule has 5 nitrogen and oxygen atoms in total. The van der Waals surface area contributed by atoms with Crippen LogP contribution in [0, 0.1) is 0 Å². The van der Waals surface area contributed by atoms with E-state index in [0.717, 1.165) is 25.3 Å². The maximum Gasteiger partial charge on any atom is 0.133 e. The molecule has 2 rings (SSSR count). The Balaban J connectivity index is 1.60. The highest BCUT2D eigenvalue weighted by molar-refractivity contribution is 4.85. The monoisotopic (exact) mass is 224 g/mol. The molecule has 1 aromatic rings. The van der Waals surface area contributed by atoms with Crippen molar-refractivity contribution in [2.24, 2.45) is 7.05 Å². The first-order valence-corrected chi connectivity index (χ1v) is 5.94. The van der Waals surface area contributed by atoms with E-state index >= 15 is 0 Å². The van der Waals surface area contributed by atoms with E-state index in [-0.39, 0.29) is 0 Å². The molecule has 0 spiro atoms. The van der Waals surface area contributed by atoms with Crippen LogP contribution in [-0.4, -0.2) is 40.1 Å². The van der Waals surface area contributed by atoms with Crippen LogP contribution in [0.25, 0.3) is 0 Å². The lowest BCUT2D eigenvalue weighted by Crippen LogP contribution is -2.28. The Kier molecular flexibility index (Phi) is 3.90. The van der Waals surface area contributed by atoms with Gasteiger partial charge in [0.25, 0.3) is 0 Å². The summed E-state index contributed by atoms with van der Waals surface area (Å²) in [6.07, 6.45) is 5.85. The van der Waals surface area contributed by atoms with Gasteiger partial charge in [-0.3, -0.25) is 0 Å². The summed E-state index contributed by atoms with van der Waals surface area (Å²) in [5.41, 5.74) is 0. The zero-order chi connectivity index (χ0) is 11.4.